The van der Waals surface area contributed by atoms with E-state index >= 15 is 0 Å². The molecule has 0 aliphatic heterocycles. The Labute approximate surface area is 142 Å². The van der Waals surface area contributed by atoms with Crippen LogP contribution in [-0.4, -0.2) is 28.5 Å². The van der Waals surface area contributed by atoms with Gasteiger partial charge < -0.3 is 19.1 Å². The molecule has 0 spiro atoms. The van der Waals surface area contributed by atoms with E-state index in [1.807, 2.05) is 56.8 Å². The van der Waals surface area contributed by atoms with Gasteiger partial charge in [-0.3, -0.25) is 5.32 Å². The standard InChI is InChI=1S/C18H24N2O4/c1-18(2,3)24-17(22)19-14-8-6-12(7-9-14)13-10-15(16(21)23-5)20(4)11-13/h6-11,16,21H,1-5H3,(H,19,22). The fraction of sp³-hybridized carbons (Fsp3) is 0.389. The van der Waals surface area contributed by atoms with Gasteiger partial charge in [0.25, 0.3) is 0 Å². The van der Waals surface area contributed by atoms with Crippen molar-refractivity contribution in [1.29, 1.82) is 0 Å². The first-order valence-electron chi connectivity index (χ1n) is 7.67. The summed E-state index contributed by atoms with van der Waals surface area (Å²) in [5.74, 6) is 0. The Hall–Kier alpha value is -2.31. The van der Waals surface area contributed by atoms with Crippen molar-refractivity contribution in [3.05, 3.63) is 42.2 Å². The molecular formula is C18H24N2O4. The molecule has 2 rings (SSSR count). The summed E-state index contributed by atoms with van der Waals surface area (Å²) in [6.07, 6.45) is 0.464. The number of anilines is 1. The first-order valence-corrected chi connectivity index (χ1v) is 7.67. The lowest BCUT2D eigenvalue weighted by Gasteiger charge is -2.19. The number of amides is 1. The number of rotatable bonds is 4. The van der Waals surface area contributed by atoms with Crippen molar-refractivity contribution in [3.63, 3.8) is 0 Å². The number of hydrogen-bond acceptors (Lipinski definition) is 4. The largest absolute Gasteiger partial charge is 0.444 e. The molecule has 0 saturated carbocycles. The van der Waals surface area contributed by atoms with E-state index in [2.05, 4.69) is 5.32 Å². The number of benzene rings is 1. The highest BCUT2D eigenvalue weighted by Gasteiger charge is 2.16. The lowest BCUT2D eigenvalue weighted by molar-refractivity contribution is -0.0815. The Balaban J connectivity index is 2.11. The second kappa shape index (κ2) is 7.07. The molecule has 0 saturated heterocycles. The number of aryl methyl sites for hydroxylation is 1. The van der Waals surface area contributed by atoms with E-state index in [9.17, 15) is 9.90 Å². The fourth-order valence-electron chi connectivity index (χ4n) is 2.27. The molecule has 1 amide bonds. The summed E-state index contributed by atoms with van der Waals surface area (Å²) in [5, 5.41) is 12.5. The summed E-state index contributed by atoms with van der Waals surface area (Å²) < 4.78 is 12.0. The van der Waals surface area contributed by atoms with Crippen LogP contribution in [0.1, 0.15) is 32.8 Å². The van der Waals surface area contributed by atoms with E-state index in [1.165, 1.54) is 7.11 Å². The summed E-state index contributed by atoms with van der Waals surface area (Å²) >= 11 is 0. The molecule has 6 heteroatoms. The van der Waals surface area contributed by atoms with Crippen molar-refractivity contribution in [2.24, 2.45) is 7.05 Å². The van der Waals surface area contributed by atoms with E-state index in [1.54, 1.807) is 12.1 Å². The van der Waals surface area contributed by atoms with E-state index in [4.69, 9.17) is 9.47 Å². The molecule has 1 atom stereocenters. The average molecular weight is 332 g/mol. The van der Waals surface area contributed by atoms with Crippen molar-refractivity contribution < 1.29 is 19.4 Å². The highest BCUT2D eigenvalue weighted by molar-refractivity contribution is 5.85. The van der Waals surface area contributed by atoms with Gasteiger partial charge in [0, 0.05) is 26.0 Å². The summed E-state index contributed by atoms with van der Waals surface area (Å²) in [6, 6.07) is 9.26. The summed E-state index contributed by atoms with van der Waals surface area (Å²) in [6.45, 7) is 5.45. The van der Waals surface area contributed by atoms with Crippen LogP contribution in [-0.2, 0) is 16.5 Å². The van der Waals surface area contributed by atoms with Crippen LogP contribution in [0, 0.1) is 0 Å². The maximum absolute atomic E-state index is 11.8. The second-order valence-corrected chi connectivity index (χ2v) is 6.56. The lowest BCUT2D eigenvalue weighted by Crippen LogP contribution is -2.27. The highest BCUT2D eigenvalue weighted by atomic mass is 16.6. The third-order valence-electron chi connectivity index (χ3n) is 3.38. The number of aromatic nitrogens is 1. The predicted molar refractivity (Wildman–Crippen MR) is 92.7 cm³/mol. The number of nitrogens with one attached hydrogen (secondary N) is 1. The minimum absolute atomic E-state index is 0.486. The number of hydrogen-bond donors (Lipinski definition) is 2. The van der Waals surface area contributed by atoms with Crippen molar-refractivity contribution in [2.75, 3.05) is 12.4 Å². The van der Waals surface area contributed by atoms with Gasteiger partial charge in [-0.15, -0.1) is 0 Å². The van der Waals surface area contributed by atoms with Gasteiger partial charge in [-0.1, -0.05) is 12.1 Å². The molecule has 0 bridgehead atoms. The summed E-state index contributed by atoms with van der Waals surface area (Å²) in [5.41, 5.74) is 2.71. The molecule has 130 valence electrons. The van der Waals surface area contributed by atoms with Gasteiger partial charge in [0.2, 0.25) is 0 Å². The number of carbonyl (C=O) groups excluding carboxylic acids is 1. The zero-order valence-corrected chi connectivity index (χ0v) is 14.7. The Morgan fingerprint density at radius 2 is 1.83 bits per heavy atom. The Kier molecular flexibility index (Phi) is 5.31. The predicted octanol–water partition coefficient (Wildman–Crippen LogP) is 3.68. The molecule has 6 nitrogen and oxygen atoms in total. The third kappa shape index (κ3) is 4.59. The van der Waals surface area contributed by atoms with Crippen LogP contribution in [0.15, 0.2) is 36.5 Å². The third-order valence-corrected chi connectivity index (χ3v) is 3.38. The number of methoxy groups -OCH3 is 1. The number of aliphatic hydroxyl groups is 1. The van der Waals surface area contributed by atoms with Gasteiger partial charge in [0.05, 0.1) is 5.69 Å². The van der Waals surface area contributed by atoms with Crippen LogP contribution in [0.4, 0.5) is 10.5 Å². The van der Waals surface area contributed by atoms with Crippen molar-refractivity contribution in [1.82, 2.24) is 4.57 Å². The van der Waals surface area contributed by atoms with Crippen LogP contribution in [0.3, 0.4) is 0 Å². The minimum atomic E-state index is -0.961. The summed E-state index contributed by atoms with van der Waals surface area (Å²) in [4.78, 5) is 11.8. The van der Waals surface area contributed by atoms with Crippen molar-refractivity contribution in [2.45, 2.75) is 32.7 Å². The molecular weight excluding hydrogens is 308 g/mol. The highest BCUT2D eigenvalue weighted by Crippen LogP contribution is 2.26. The Morgan fingerprint density at radius 3 is 2.38 bits per heavy atom. The molecule has 2 N–H and O–H groups in total. The average Bonchev–Trinajstić information content (AvgIpc) is 2.87. The fourth-order valence-corrected chi connectivity index (χ4v) is 2.27. The van der Waals surface area contributed by atoms with Crippen LogP contribution in [0.25, 0.3) is 11.1 Å². The molecule has 1 aromatic heterocycles. The molecule has 0 aliphatic carbocycles. The van der Waals surface area contributed by atoms with Crippen LogP contribution < -0.4 is 5.32 Å². The molecule has 1 aromatic carbocycles. The van der Waals surface area contributed by atoms with Gasteiger partial charge in [-0.05, 0) is 50.1 Å². The number of aliphatic hydroxyl groups excluding tert-OH is 1. The molecule has 0 aliphatic rings. The number of nitrogens with zero attached hydrogens (tertiary/aromatic N) is 1. The minimum Gasteiger partial charge on any atom is -0.444 e. The van der Waals surface area contributed by atoms with Gasteiger partial charge in [-0.2, -0.15) is 0 Å². The number of carbonyl (C=O) groups is 1. The SMILES string of the molecule is COC(O)c1cc(-c2ccc(NC(=O)OC(C)(C)C)cc2)cn1C. The van der Waals surface area contributed by atoms with Crippen LogP contribution in [0.5, 0.6) is 0 Å². The van der Waals surface area contributed by atoms with Crippen molar-refractivity contribution in [3.8, 4) is 11.1 Å². The van der Waals surface area contributed by atoms with Crippen LogP contribution in [0.2, 0.25) is 0 Å². The molecule has 0 radical (unpaired) electrons. The maximum Gasteiger partial charge on any atom is 0.412 e. The monoisotopic (exact) mass is 332 g/mol. The maximum atomic E-state index is 11.8. The Bertz CT molecular complexity index is 699. The van der Waals surface area contributed by atoms with Gasteiger partial charge in [0.15, 0.2) is 6.29 Å². The zero-order chi connectivity index (χ0) is 17.9. The van der Waals surface area contributed by atoms with Gasteiger partial charge >= 0.3 is 6.09 Å². The normalized spacial score (nSPS) is 12.8. The van der Waals surface area contributed by atoms with Gasteiger partial charge in [-0.25, -0.2) is 4.79 Å². The van der Waals surface area contributed by atoms with E-state index in [0.29, 0.717) is 11.4 Å². The van der Waals surface area contributed by atoms with Crippen molar-refractivity contribution >= 4 is 11.8 Å². The molecule has 2 aromatic rings. The van der Waals surface area contributed by atoms with E-state index < -0.39 is 18.0 Å². The number of ether oxygens (including phenoxy) is 2. The van der Waals surface area contributed by atoms with E-state index in [-0.39, 0.29) is 0 Å². The first kappa shape index (κ1) is 18.0. The van der Waals surface area contributed by atoms with Gasteiger partial charge in [0.1, 0.15) is 5.60 Å². The topological polar surface area (TPSA) is 72.7 Å². The quantitative estimate of drug-likeness (QED) is 0.838. The molecule has 1 unspecified atom stereocenters. The lowest BCUT2D eigenvalue weighted by atomic mass is 10.1. The second-order valence-electron chi connectivity index (χ2n) is 6.56. The smallest absolute Gasteiger partial charge is 0.412 e. The molecule has 0 fully saturated rings. The Morgan fingerprint density at radius 1 is 1.21 bits per heavy atom. The molecule has 1 heterocycles. The van der Waals surface area contributed by atoms with Crippen LogP contribution >= 0.6 is 0 Å². The molecule has 24 heavy (non-hydrogen) atoms. The van der Waals surface area contributed by atoms with E-state index in [0.717, 1.165) is 11.1 Å². The summed E-state index contributed by atoms with van der Waals surface area (Å²) in [7, 11) is 3.30. The first-order chi connectivity index (χ1) is 11.2. The zero-order valence-electron chi connectivity index (χ0n) is 14.7.